The number of aromatic nitrogens is 1. The summed E-state index contributed by atoms with van der Waals surface area (Å²) in [4.78, 5) is 4.10. The molecule has 2 N–H and O–H groups in total. The van der Waals surface area contributed by atoms with Gasteiger partial charge in [-0.15, -0.1) is 0 Å². The van der Waals surface area contributed by atoms with Gasteiger partial charge in [0.05, 0.1) is 10.2 Å². The van der Waals surface area contributed by atoms with Crippen molar-refractivity contribution in [2.75, 3.05) is 5.73 Å². The van der Waals surface area contributed by atoms with Crippen molar-refractivity contribution in [2.24, 2.45) is 0 Å². The summed E-state index contributed by atoms with van der Waals surface area (Å²) in [7, 11) is 0. The smallest absolute Gasteiger partial charge is 0.137 e. The number of halogens is 2. The summed E-state index contributed by atoms with van der Waals surface area (Å²) in [6.45, 7) is 0.295. The van der Waals surface area contributed by atoms with E-state index >= 15 is 0 Å². The van der Waals surface area contributed by atoms with Crippen LogP contribution in [0.25, 0.3) is 0 Å². The predicted octanol–water partition coefficient (Wildman–Crippen LogP) is 3.14. The Morgan fingerprint density at radius 1 is 1.29 bits per heavy atom. The molecule has 1 heterocycles. The van der Waals surface area contributed by atoms with Crippen molar-refractivity contribution >= 4 is 21.7 Å². The first-order valence-electron chi connectivity index (χ1n) is 4.94. The zero-order chi connectivity index (χ0) is 12.3. The molecule has 1 aromatic heterocycles. The Bertz CT molecular complexity index is 534. The summed E-state index contributed by atoms with van der Waals surface area (Å²) in [5.74, 6) is 0.702. The number of hydrogen-bond donors (Lipinski definition) is 1. The Labute approximate surface area is 107 Å². The van der Waals surface area contributed by atoms with Crippen LogP contribution in [-0.2, 0) is 6.61 Å². The number of anilines is 1. The highest BCUT2D eigenvalue weighted by Gasteiger charge is 2.02. The van der Waals surface area contributed by atoms with Crippen LogP contribution in [0, 0.1) is 5.82 Å². The van der Waals surface area contributed by atoms with Crippen molar-refractivity contribution < 1.29 is 9.13 Å². The topological polar surface area (TPSA) is 48.1 Å². The summed E-state index contributed by atoms with van der Waals surface area (Å²) in [6, 6.07) is 9.80. The molecule has 17 heavy (non-hydrogen) atoms. The molecule has 1 aromatic carbocycles. The number of nitrogen functional groups attached to an aromatic ring is 1. The standard InChI is InChI=1S/C12H10BrFN2O/c13-10-6-9(4-5-11(10)14)17-7-8-2-1-3-12(15)16-8/h1-6H,7H2,(H2,15,16). The molecular weight excluding hydrogens is 287 g/mol. The number of benzene rings is 1. The Balaban J connectivity index is 2.05. The van der Waals surface area contributed by atoms with Crippen molar-refractivity contribution in [3.63, 3.8) is 0 Å². The zero-order valence-electron chi connectivity index (χ0n) is 8.86. The number of nitrogens with two attached hydrogens (primary N) is 1. The number of nitrogens with zero attached hydrogens (tertiary/aromatic N) is 1. The molecule has 2 rings (SSSR count). The normalized spacial score (nSPS) is 10.2. The highest BCUT2D eigenvalue weighted by molar-refractivity contribution is 9.10. The molecule has 2 aromatic rings. The van der Waals surface area contributed by atoms with E-state index in [1.54, 1.807) is 18.2 Å². The SMILES string of the molecule is Nc1cccc(COc2ccc(F)c(Br)c2)n1. The second-order valence-electron chi connectivity index (χ2n) is 3.42. The molecule has 0 atom stereocenters. The predicted molar refractivity (Wildman–Crippen MR) is 67.1 cm³/mol. The van der Waals surface area contributed by atoms with Gasteiger partial charge in [0.1, 0.15) is 24.0 Å². The van der Waals surface area contributed by atoms with E-state index < -0.39 is 0 Å². The van der Waals surface area contributed by atoms with E-state index in [1.807, 2.05) is 12.1 Å². The van der Waals surface area contributed by atoms with E-state index in [1.165, 1.54) is 6.07 Å². The highest BCUT2D eigenvalue weighted by atomic mass is 79.9. The Morgan fingerprint density at radius 3 is 2.82 bits per heavy atom. The van der Waals surface area contributed by atoms with Crippen molar-refractivity contribution in [2.45, 2.75) is 6.61 Å². The lowest BCUT2D eigenvalue weighted by atomic mass is 10.3. The largest absolute Gasteiger partial charge is 0.487 e. The maximum Gasteiger partial charge on any atom is 0.137 e. The molecule has 0 aliphatic rings. The van der Waals surface area contributed by atoms with Crippen molar-refractivity contribution in [3.05, 3.63) is 52.4 Å². The first-order valence-corrected chi connectivity index (χ1v) is 5.74. The number of rotatable bonds is 3. The molecule has 0 amide bonds. The molecular formula is C12H10BrFN2O. The molecule has 0 aliphatic heterocycles. The third-order valence-electron chi connectivity index (χ3n) is 2.11. The van der Waals surface area contributed by atoms with Crippen molar-refractivity contribution in [1.82, 2.24) is 4.98 Å². The van der Waals surface area contributed by atoms with Crippen LogP contribution in [-0.4, -0.2) is 4.98 Å². The van der Waals surface area contributed by atoms with Gasteiger partial charge in [-0.1, -0.05) is 6.07 Å². The third kappa shape index (κ3) is 3.17. The molecule has 0 aliphatic carbocycles. The minimum Gasteiger partial charge on any atom is -0.487 e. The number of ether oxygens (including phenoxy) is 1. The quantitative estimate of drug-likeness (QED) is 0.946. The van der Waals surface area contributed by atoms with Crippen molar-refractivity contribution in [3.8, 4) is 5.75 Å². The second kappa shape index (κ2) is 5.14. The average Bonchev–Trinajstić information content (AvgIpc) is 2.31. The van der Waals surface area contributed by atoms with Gasteiger partial charge in [-0.05, 0) is 46.3 Å². The lowest BCUT2D eigenvalue weighted by molar-refractivity contribution is 0.301. The molecule has 0 radical (unpaired) electrons. The number of pyridine rings is 1. The number of hydrogen-bond acceptors (Lipinski definition) is 3. The van der Waals surface area contributed by atoms with Gasteiger partial charge in [-0.25, -0.2) is 9.37 Å². The molecule has 88 valence electrons. The Kier molecular flexibility index (Phi) is 3.58. The first kappa shape index (κ1) is 11.9. The van der Waals surface area contributed by atoms with Crippen molar-refractivity contribution in [1.29, 1.82) is 0 Å². The molecule has 0 fully saturated rings. The van der Waals surface area contributed by atoms with E-state index in [2.05, 4.69) is 20.9 Å². The second-order valence-corrected chi connectivity index (χ2v) is 4.27. The van der Waals surface area contributed by atoms with Gasteiger partial charge in [0.15, 0.2) is 0 Å². The Hall–Kier alpha value is -1.62. The molecule has 0 saturated heterocycles. The first-order chi connectivity index (χ1) is 8.15. The Morgan fingerprint density at radius 2 is 2.12 bits per heavy atom. The van der Waals surface area contributed by atoms with Gasteiger partial charge >= 0.3 is 0 Å². The molecule has 0 unspecified atom stereocenters. The summed E-state index contributed by atoms with van der Waals surface area (Å²) < 4.78 is 18.8. The van der Waals surface area contributed by atoms with Crippen LogP contribution in [0.15, 0.2) is 40.9 Å². The summed E-state index contributed by atoms with van der Waals surface area (Å²) >= 11 is 3.09. The minimum atomic E-state index is -0.320. The minimum absolute atomic E-state index is 0.295. The van der Waals surface area contributed by atoms with Crippen LogP contribution < -0.4 is 10.5 Å². The average molecular weight is 297 g/mol. The maximum atomic E-state index is 13.0. The molecule has 5 heteroatoms. The van der Waals surface area contributed by atoms with Gasteiger partial charge in [0.25, 0.3) is 0 Å². The lowest BCUT2D eigenvalue weighted by Gasteiger charge is -2.06. The van der Waals surface area contributed by atoms with Crippen LogP contribution in [0.2, 0.25) is 0 Å². The third-order valence-corrected chi connectivity index (χ3v) is 2.71. The van der Waals surface area contributed by atoms with Crippen LogP contribution in [0.3, 0.4) is 0 Å². The van der Waals surface area contributed by atoms with Crippen LogP contribution in [0.4, 0.5) is 10.2 Å². The van der Waals surface area contributed by atoms with Gasteiger partial charge in [-0.3, -0.25) is 0 Å². The van der Waals surface area contributed by atoms with Gasteiger partial charge < -0.3 is 10.5 Å². The van der Waals surface area contributed by atoms with Gasteiger partial charge in [-0.2, -0.15) is 0 Å². The fourth-order valence-corrected chi connectivity index (χ4v) is 1.66. The van der Waals surface area contributed by atoms with E-state index in [9.17, 15) is 4.39 Å². The highest BCUT2D eigenvalue weighted by Crippen LogP contribution is 2.22. The molecule has 3 nitrogen and oxygen atoms in total. The monoisotopic (exact) mass is 296 g/mol. The molecule has 0 bridgehead atoms. The summed E-state index contributed by atoms with van der Waals surface area (Å²) in [5.41, 5.74) is 6.28. The van der Waals surface area contributed by atoms with Crippen LogP contribution in [0.1, 0.15) is 5.69 Å². The van der Waals surface area contributed by atoms with E-state index in [0.717, 1.165) is 5.69 Å². The molecule has 0 spiro atoms. The fourth-order valence-electron chi connectivity index (χ4n) is 1.30. The van der Waals surface area contributed by atoms with E-state index in [4.69, 9.17) is 10.5 Å². The fraction of sp³-hybridized carbons (Fsp3) is 0.0833. The lowest BCUT2D eigenvalue weighted by Crippen LogP contribution is -2.00. The van der Waals surface area contributed by atoms with E-state index in [0.29, 0.717) is 22.6 Å². The van der Waals surface area contributed by atoms with Gasteiger partial charge in [0.2, 0.25) is 0 Å². The van der Waals surface area contributed by atoms with Crippen LogP contribution >= 0.6 is 15.9 Å². The van der Waals surface area contributed by atoms with Crippen LogP contribution in [0.5, 0.6) is 5.75 Å². The zero-order valence-corrected chi connectivity index (χ0v) is 10.4. The van der Waals surface area contributed by atoms with Gasteiger partial charge in [0, 0.05) is 0 Å². The molecule has 0 saturated carbocycles. The van der Waals surface area contributed by atoms with E-state index in [-0.39, 0.29) is 5.82 Å². The summed E-state index contributed by atoms with van der Waals surface area (Å²) in [6.07, 6.45) is 0. The summed E-state index contributed by atoms with van der Waals surface area (Å²) in [5, 5.41) is 0. The maximum absolute atomic E-state index is 13.0.